The van der Waals surface area contributed by atoms with Crippen LogP contribution in [0.25, 0.3) is 6.08 Å². The van der Waals surface area contributed by atoms with E-state index in [2.05, 4.69) is 5.32 Å². The maximum Gasteiger partial charge on any atom is 0.335 e. The van der Waals surface area contributed by atoms with Gasteiger partial charge in [-0.2, -0.15) is 0 Å². The molecule has 8 nitrogen and oxygen atoms in total. The highest BCUT2D eigenvalue weighted by molar-refractivity contribution is 6.39. The Morgan fingerprint density at radius 2 is 1.67 bits per heavy atom. The van der Waals surface area contributed by atoms with Gasteiger partial charge in [-0.1, -0.05) is 12.1 Å². The summed E-state index contributed by atoms with van der Waals surface area (Å²) in [5.74, 6) is -2.14. The Labute approximate surface area is 153 Å². The summed E-state index contributed by atoms with van der Waals surface area (Å²) >= 11 is 0. The Morgan fingerprint density at radius 3 is 2.22 bits per heavy atom. The highest BCUT2D eigenvalue weighted by Crippen LogP contribution is 2.24. The quantitative estimate of drug-likeness (QED) is 0.633. The average molecular weight is 366 g/mol. The van der Waals surface area contributed by atoms with Gasteiger partial charge in [0.25, 0.3) is 11.8 Å². The Hall–Kier alpha value is -3.94. The lowest BCUT2D eigenvalue weighted by atomic mass is 10.1. The first-order valence-corrected chi connectivity index (χ1v) is 7.79. The van der Waals surface area contributed by atoms with E-state index in [1.807, 2.05) is 0 Å². The molecular weight excluding hydrogens is 352 g/mol. The fraction of sp³-hybridized carbons (Fsp3) is 0.0526. The number of anilines is 1. The molecule has 1 aliphatic rings. The number of imide groups is 2. The van der Waals surface area contributed by atoms with Crippen molar-refractivity contribution in [3.8, 4) is 5.75 Å². The van der Waals surface area contributed by atoms with Crippen LogP contribution in [0, 0.1) is 0 Å². The number of carbonyl (C=O) groups is 4. The van der Waals surface area contributed by atoms with E-state index in [4.69, 9.17) is 9.84 Å². The molecule has 0 atom stereocenters. The highest BCUT2D eigenvalue weighted by Gasteiger charge is 2.36. The molecule has 3 rings (SSSR count). The number of carboxylic acids is 1. The second-order valence-electron chi connectivity index (χ2n) is 5.58. The van der Waals surface area contributed by atoms with Gasteiger partial charge < -0.3 is 9.84 Å². The number of hydrogen-bond acceptors (Lipinski definition) is 5. The SMILES string of the molecule is COc1ccc(N2C(=O)NC(=O)/C(=C\c3ccc(C(=O)O)cc3)C2=O)cc1. The number of rotatable bonds is 4. The Morgan fingerprint density at radius 1 is 1.04 bits per heavy atom. The van der Waals surface area contributed by atoms with E-state index in [1.54, 1.807) is 12.1 Å². The van der Waals surface area contributed by atoms with Gasteiger partial charge >= 0.3 is 12.0 Å². The van der Waals surface area contributed by atoms with Crippen molar-refractivity contribution in [2.75, 3.05) is 12.0 Å². The molecule has 0 bridgehead atoms. The first kappa shape index (κ1) is 17.9. The molecule has 136 valence electrons. The number of benzene rings is 2. The first-order chi connectivity index (χ1) is 12.9. The summed E-state index contributed by atoms with van der Waals surface area (Å²) in [7, 11) is 1.49. The standard InChI is InChI=1S/C19H14N2O6/c1-27-14-8-6-13(7-9-14)21-17(23)15(16(22)20-19(21)26)10-11-2-4-12(5-3-11)18(24)25/h2-10H,1H3,(H,24,25)(H,20,22,26)/b15-10+. The van der Waals surface area contributed by atoms with Crippen molar-refractivity contribution in [3.63, 3.8) is 0 Å². The van der Waals surface area contributed by atoms with Crippen LogP contribution in [0.1, 0.15) is 15.9 Å². The van der Waals surface area contributed by atoms with Gasteiger partial charge in [-0.05, 0) is 48.0 Å². The minimum absolute atomic E-state index is 0.0756. The van der Waals surface area contributed by atoms with Crippen LogP contribution in [0.15, 0.2) is 54.1 Å². The molecule has 2 N–H and O–H groups in total. The molecule has 0 aliphatic carbocycles. The zero-order valence-electron chi connectivity index (χ0n) is 14.1. The number of urea groups is 1. The van der Waals surface area contributed by atoms with Crippen LogP contribution in [-0.4, -0.2) is 36.0 Å². The maximum atomic E-state index is 12.7. The van der Waals surface area contributed by atoms with Gasteiger partial charge in [0.05, 0.1) is 18.4 Å². The van der Waals surface area contributed by atoms with Gasteiger partial charge in [-0.3, -0.25) is 14.9 Å². The van der Waals surface area contributed by atoms with Crippen LogP contribution in [0.4, 0.5) is 10.5 Å². The second kappa shape index (κ2) is 7.12. The predicted molar refractivity (Wildman–Crippen MR) is 95.4 cm³/mol. The number of amides is 4. The summed E-state index contributed by atoms with van der Waals surface area (Å²) < 4.78 is 5.04. The zero-order valence-corrected chi connectivity index (χ0v) is 14.1. The molecule has 1 aliphatic heterocycles. The molecule has 1 heterocycles. The van der Waals surface area contributed by atoms with Crippen LogP contribution in [-0.2, 0) is 9.59 Å². The van der Waals surface area contributed by atoms with Crippen molar-refractivity contribution >= 4 is 35.6 Å². The van der Waals surface area contributed by atoms with Gasteiger partial charge in [0.2, 0.25) is 0 Å². The number of barbiturate groups is 1. The third kappa shape index (κ3) is 3.54. The number of ether oxygens (including phenoxy) is 1. The highest BCUT2D eigenvalue weighted by atomic mass is 16.5. The lowest BCUT2D eigenvalue weighted by molar-refractivity contribution is -0.122. The molecule has 0 saturated carbocycles. The fourth-order valence-electron chi connectivity index (χ4n) is 2.51. The Bertz CT molecular complexity index is 961. The number of methoxy groups -OCH3 is 1. The number of nitrogens with zero attached hydrogens (tertiary/aromatic N) is 1. The molecule has 4 amide bonds. The molecular formula is C19H14N2O6. The van der Waals surface area contributed by atoms with Crippen molar-refractivity contribution in [2.24, 2.45) is 0 Å². The Kier molecular flexibility index (Phi) is 4.71. The van der Waals surface area contributed by atoms with E-state index in [-0.39, 0.29) is 16.8 Å². The number of nitrogens with one attached hydrogen (secondary N) is 1. The summed E-state index contributed by atoms with van der Waals surface area (Å²) in [6.07, 6.45) is 1.30. The summed E-state index contributed by atoms with van der Waals surface area (Å²) in [5.41, 5.74) is 0.556. The zero-order chi connectivity index (χ0) is 19.6. The maximum absolute atomic E-state index is 12.7. The molecule has 0 unspecified atom stereocenters. The predicted octanol–water partition coefficient (Wildman–Crippen LogP) is 2.06. The molecule has 27 heavy (non-hydrogen) atoms. The molecule has 8 heteroatoms. The molecule has 2 aromatic rings. The van der Waals surface area contributed by atoms with Crippen LogP contribution < -0.4 is 15.0 Å². The third-order valence-corrected chi connectivity index (χ3v) is 3.90. The fourth-order valence-corrected chi connectivity index (χ4v) is 2.51. The van der Waals surface area contributed by atoms with Gasteiger partial charge in [0.1, 0.15) is 11.3 Å². The minimum atomic E-state index is -1.09. The topological polar surface area (TPSA) is 113 Å². The van der Waals surface area contributed by atoms with E-state index in [0.29, 0.717) is 11.3 Å². The lowest BCUT2D eigenvalue weighted by Crippen LogP contribution is -2.54. The van der Waals surface area contributed by atoms with Crippen LogP contribution in [0.3, 0.4) is 0 Å². The van der Waals surface area contributed by atoms with Crippen molar-refractivity contribution in [1.82, 2.24) is 5.32 Å². The number of hydrogen-bond donors (Lipinski definition) is 2. The van der Waals surface area contributed by atoms with Crippen LogP contribution >= 0.6 is 0 Å². The summed E-state index contributed by atoms with van der Waals surface area (Å²) in [6, 6.07) is 11.0. The van der Waals surface area contributed by atoms with Gasteiger partial charge in [0.15, 0.2) is 0 Å². The van der Waals surface area contributed by atoms with Gasteiger partial charge in [-0.25, -0.2) is 14.5 Å². The van der Waals surface area contributed by atoms with Crippen LogP contribution in [0.2, 0.25) is 0 Å². The van der Waals surface area contributed by atoms with E-state index in [9.17, 15) is 19.2 Å². The van der Waals surface area contributed by atoms with Crippen molar-refractivity contribution in [3.05, 3.63) is 65.2 Å². The molecule has 1 saturated heterocycles. The van der Waals surface area contributed by atoms with Crippen molar-refractivity contribution in [1.29, 1.82) is 0 Å². The molecule has 2 aromatic carbocycles. The largest absolute Gasteiger partial charge is 0.497 e. The smallest absolute Gasteiger partial charge is 0.335 e. The summed E-state index contributed by atoms with van der Waals surface area (Å²) in [6.45, 7) is 0. The molecule has 0 radical (unpaired) electrons. The number of carboxylic acid groups (broad SMARTS) is 1. The minimum Gasteiger partial charge on any atom is -0.497 e. The average Bonchev–Trinajstić information content (AvgIpc) is 2.66. The lowest BCUT2D eigenvalue weighted by Gasteiger charge is -2.26. The number of carbonyl (C=O) groups excluding carboxylic acids is 3. The van der Waals surface area contributed by atoms with Crippen molar-refractivity contribution in [2.45, 2.75) is 0 Å². The Balaban J connectivity index is 1.95. The van der Waals surface area contributed by atoms with E-state index >= 15 is 0 Å². The molecule has 0 spiro atoms. The monoisotopic (exact) mass is 366 g/mol. The first-order valence-electron chi connectivity index (χ1n) is 7.79. The van der Waals surface area contributed by atoms with E-state index in [1.165, 1.54) is 49.6 Å². The number of aromatic carboxylic acids is 1. The second-order valence-corrected chi connectivity index (χ2v) is 5.58. The van der Waals surface area contributed by atoms with E-state index in [0.717, 1.165) is 4.90 Å². The summed E-state index contributed by atoms with van der Waals surface area (Å²) in [4.78, 5) is 48.7. The van der Waals surface area contributed by atoms with E-state index < -0.39 is 23.8 Å². The van der Waals surface area contributed by atoms with Crippen molar-refractivity contribution < 1.29 is 29.0 Å². The van der Waals surface area contributed by atoms with Gasteiger partial charge in [-0.15, -0.1) is 0 Å². The normalized spacial score (nSPS) is 15.7. The molecule has 0 aromatic heterocycles. The van der Waals surface area contributed by atoms with Gasteiger partial charge in [0, 0.05) is 0 Å². The summed E-state index contributed by atoms with van der Waals surface area (Å²) in [5, 5.41) is 11.0. The molecule has 1 fully saturated rings. The van der Waals surface area contributed by atoms with Crippen LogP contribution in [0.5, 0.6) is 5.75 Å². The third-order valence-electron chi connectivity index (χ3n) is 3.90.